The highest BCUT2D eigenvalue weighted by atomic mass is 79.9. The molecule has 1 saturated heterocycles. The summed E-state index contributed by atoms with van der Waals surface area (Å²) >= 11 is 6.97. The fourth-order valence-corrected chi connectivity index (χ4v) is 4.94. The number of aliphatic hydroxyl groups is 1. The number of halogens is 1. The van der Waals surface area contributed by atoms with Gasteiger partial charge < -0.3 is 5.11 Å². The second kappa shape index (κ2) is 3.57. The lowest BCUT2D eigenvalue weighted by Crippen LogP contribution is -2.30. The molecule has 0 aliphatic carbocycles. The average Bonchev–Trinajstić information content (AvgIpc) is 2.62. The summed E-state index contributed by atoms with van der Waals surface area (Å²) in [7, 11) is 0. The van der Waals surface area contributed by atoms with Gasteiger partial charge in [0.2, 0.25) is 0 Å². The smallest absolute Gasteiger partial charge is 0.112 e. The van der Waals surface area contributed by atoms with Crippen molar-refractivity contribution >= 4 is 39.0 Å². The van der Waals surface area contributed by atoms with Crippen LogP contribution in [0.2, 0.25) is 0 Å². The van der Waals surface area contributed by atoms with Crippen LogP contribution in [0.4, 0.5) is 0 Å². The highest BCUT2D eigenvalue weighted by Crippen LogP contribution is 2.47. The van der Waals surface area contributed by atoms with Crippen molar-refractivity contribution in [2.75, 3.05) is 5.75 Å². The van der Waals surface area contributed by atoms with Crippen LogP contribution in [0.25, 0.3) is 0 Å². The molecular weight excluding hydrogens is 268 g/mol. The van der Waals surface area contributed by atoms with Crippen molar-refractivity contribution in [3.05, 3.63) is 20.8 Å². The number of hydrogen-bond acceptors (Lipinski definition) is 3. The predicted octanol–water partition coefficient (Wildman–Crippen LogP) is 3.22. The minimum atomic E-state index is -0.600. The van der Waals surface area contributed by atoms with Gasteiger partial charge in [-0.2, -0.15) is 11.8 Å². The van der Waals surface area contributed by atoms with Crippen molar-refractivity contribution in [2.45, 2.75) is 24.2 Å². The van der Waals surface area contributed by atoms with Crippen LogP contribution in [0.1, 0.15) is 18.2 Å². The molecule has 0 aromatic carbocycles. The highest BCUT2D eigenvalue weighted by Gasteiger charge is 2.42. The molecule has 2 heterocycles. The van der Waals surface area contributed by atoms with Crippen LogP contribution in [-0.4, -0.2) is 16.1 Å². The van der Waals surface area contributed by atoms with Crippen LogP contribution in [0.3, 0.4) is 0 Å². The summed E-state index contributed by atoms with van der Waals surface area (Å²) in [6.07, 6.45) is 0.873. The molecule has 1 nitrogen and oxygen atoms in total. The fraction of sp³-hybridized carbons (Fsp3) is 0.556. The van der Waals surface area contributed by atoms with E-state index in [9.17, 15) is 5.11 Å². The summed E-state index contributed by atoms with van der Waals surface area (Å²) in [5.74, 6) is 1.06. The van der Waals surface area contributed by atoms with Gasteiger partial charge in [0, 0.05) is 9.72 Å². The van der Waals surface area contributed by atoms with E-state index in [1.165, 1.54) is 0 Å². The molecule has 0 amide bonds. The van der Waals surface area contributed by atoms with Gasteiger partial charge in [-0.3, -0.25) is 0 Å². The van der Waals surface area contributed by atoms with Crippen LogP contribution in [0.15, 0.2) is 15.9 Å². The first-order chi connectivity index (χ1) is 6.14. The van der Waals surface area contributed by atoms with Crippen molar-refractivity contribution < 1.29 is 5.11 Å². The second-order valence-electron chi connectivity index (χ2n) is 3.28. The number of hydrogen-bond donors (Lipinski definition) is 1. The molecule has 4 heteroatoms. The number of thiophene rings is 1. The predicted molar refractivity (Wildman–Crippen MR) is 62.5 cm³/mol. The van der Waals surface area contributed by atoms with E-state index in [2.05, 4.69) is 22.9 Å². The van der Waals surface area contributed by atoms with Gasteiger partial charge in [0.15, 0.2) is 0 Å². The Balaban J connectivity index is 2.39. The van der Waals surface area contributed by atoms with Crippen molar-refractivity contribution in [1.82, 2.24) is 0 Å². The van der Waals surface area contributed by atoms with Crippen molar-refractivity contribution in [3.8, 4) is 0 Å². The van der Waals surface area contributed by atoms with Gasteiger partial charge in [-0.15, -0.1) is 11.3 Å². The fourth-order valence-electron chi connectivity index (χ4n) is 1.63. The van der Waals surface area contributed by atoms with E-state index < -0.39 is 5.60 Å². The van der Waals surface area contributed by atoms with Crippen molar-refractivity contribution in [1.29, 1.82) is 0 Å². The monoisotopic (exact) mass is 278 g/mol. The normalized spacial score (nSPS) is 33.9. The third-order valence-electron chi connectivity index (χ3n) is 2.53. The largest absolute Gasteiger partial charge is 0.383 e. The summed E-state index contributed by atoms with van der Waals surface area (Å²) < 4.78 is 1.05. The van der Waals surface area contributed by atoms with E-state index >= 15 is 0 Å². The summed E-state index contributed by atoms with van der Waals surface area (Å²) in [5.41, 5.74) is -0.600. The summed E-state index contributed by atoms with van der Waals surface area (Å²) in [6.45, 7) is 2.10. The van der Waals surface area contributed by atoms with Crippen molar-refractivity contribution in [3.63, 3.8) is 0 Å². The molecule has 0 spiro atoms. The molecule has 1 aliphatic rings. The van der Waals surface area contributed by atoms with Crippen LogP contribution in [0.5, 0.6) is 0 Å². The molecule has 1 N–H and O–H groups in total. The molecule has 1 aliphatic heterocycles. The minimum Gasteiger partial charge on any atom is -0.383 e. The minimum absolute atomic E-state index is 0.308. The van der Waals surface area contributed by atoms with E-state index in [0.717, 1.165) is 21.5 Å². The summed E-state index contributed by atoms with van der Waals surface area (Å²) in [6, 6.07) is 2.01. The lowest BCUT2D eigenvalue weighted by molar-refractivity contribution is 0.0458. The zero-order valence-corrected chi connectivity index (χ0v) is 10.5. The van der Waals surface area contributed by atoms with Crippen molar-refractivity contribution in [2.24, 2.45) is 0 Å². The second-order valence-corrected chi connectivity index (χ2v) is 6.50. The SMILES string of the molecule is CC1SCCC1(O)c1sccc1Br. The molecule has 72 valence electrons. The maximum Gasteiger partial charge on any atom is 0.112 e. The lowest BCUT2D eigenvalue weighted by Gasteiger charge is -2.25. The van der Waals surface area contributed by atoms with Gasteiger partial charge in [-0.1, -0.05) is 6.92 Å². The molecule has 0 saturated carbocycles. The van der Waals surface area contributed by atoms with Gasteiger partial charge in [0.25, 0.3) is 0 Å². The van der Waals surface area contributed by atoms with E-state index in [1.807, 2.05) is 23.2 Å². The lowest BCUT2D eigenvalue weighted by atomic mass is 9.95. The molecule has 2 unspecified atom stereocenters. The Kier molecular flexibility index (Phi) is 2.75. The van der Waals surface area contributed by atoms with E-state index in [1.54, 1.807) is 11.3 Å². The molecule has 2 atom stereocenters. The average molecular weight is 279 g/mol. The Hall–Kier alpha value is 0.490. The topological polar surface area (TPSA) is 20.2 Å². The van der Waals surface area contributed by atoms with E-state index in [4.69, 9.17) is 0 Å². The third kappa shape index (κ3) is 1.58. The van der Waals surface area contributed by atoms with Gasteiger partial charge in [0.1, 0.15) is 5.60 Å². The van der Waals surface area contributed by atoms with Gasteiger partial charge in [0.05, 0.1) is 4.88 Å². The Labute approximate surface area is 94.7 Å². The van der Waals surface area contributed by atoms with Crippen LogP contribution < -0.4 is 0 Å². The highest BCUT2D eigenvalue weighted by molar-refractivity contribution is 9.10. The first-order valence-corrected chi connectivity index (χ1v) is 6.94. The standard InChI is InChI=1S/C9H11BrOS2/c1-6-9(11,3-5-12-6)8-7(10)2-4-13-8/h2,4,6,11H,3,5H2,1H3. The molecule has 1 aromatic rings. The Morgan fingerprint density at radius 2 is 2.46 bits per heavy atom. The molecule has 1 aromatic heterocycles. The zero-order chi connectivity index (χ0) is 9.47. The molecule has 0 radical (unpaired) electrons. The van der Waals surface area contributed by atoms with Crippen LogP contribution in [0, 0.1) is 0 Å². The zero-order valence-electron chi connectivity index (χ0n) is 7.29. The van der Waals surface area contributed by atoms with Gasteiger partial charge >= 0.3 is 0 Å². The first kappa shape index (κ1) is 10.0. The van der Waals surface area contributed by atoms with E-state index in [0.29, 0.717) is 5.25 Å². The Bertz CT molecular complexity index is 312. The summed E-state index contributed by atoms with van der Waals surface area (Å²) in [5, 5.41) is 12.8. The maximum atomic E-state index is 10.5. The Morgan fingerprint density at radius 3 is 2.92 bits per heavy atom. The molecule has 2 rings (SSSR count). The first-order valence-electron chi connectivity index (χ1n) is 4.22. The third-order valence-corrected chi connectivity index (χ3v) is 5.87. The number of thioether (sulfide) groups is 1. The molecule has 0 bridgehead atoms. The molecular formula is C9H11BrOS2. The summed E-state index contributed by atoms with van der Waals surface area (Å²) in [4.78, 5) is 1.09. The van der Waals surface area contributed by atoms with Gasteiger partial charge in [-0.25, -0.2) is 0 Å². The molecule has 13 heavy (non-hydrogen) atoms. The molecule has 1 fully saturated rings. The quantitative estimate of drug-likeness (QED) is 0.851. The van der Waals surface area contributed by atoms with Crippen LogP contribution in [-0.2, 0) is 5.60 Å². The van der Waals surface area contributed by atoms with Gasteiger partial charge in [-0.05, 0) is 39.6 Å². The maximum absolute atomic E-state index is 10.5. The van der Waals surface area contributed by atoms with E-state index in [-0.39, 0.29) is 0 Å². The van der Waals surface area contributed by atoms with Crippen LogP contribution >= 0.6 is 39.0 Å². The Morgan fingerprint density at radius 1 is 1.69 bits per heavy atom. The number of rotatable bonds is 1.